The van der Waals surface area contributed by atoms with Crippen LogP contribution in [0.2, 0.25) is 0 Å². The van der Waals surface area contributed by atoms with Crippen molar-refractivity contribution in [3.8, 4) is 0 Å². The molecule has 3 aliphatic carbocycles. The van der Waals surface area contributed by atoms with E-state index >= 15 is 0 Å². The maximum atomic E-state index is 4.03. The summed E-state index contributed by atoms with van der Waals surface area (Å²) in [5.74, 6) is 0.969. The molecular formula is C17H31N. The fourth-order valence-electron chi connectivity index (χ4n) is 5.57. The largest absolute Gasteiger partial charge is 0.312 e. The predicted octanol–water partition coefficient (Wildman–Crippen LogP) is 4.37. The molecule has 2 bridgehead atoms. The summed E-state index contributed by atoms with van der Waals surface area (Å²) in [6.45, 7) is 11.3. The topological polar surface area (TPSA) is 12.0 Å². The molecule has 3 aliphatic rings. The monoisotopic (exact) mass is 249 g/mol. The standard InChI is InChI=1S/C17H31N/c1-15(2)13-7-10-17(4,11-13)14(15)18-12-16(3)8-5-6-9-16/h13-14,18H,5-12H2,1-4H3. The zero-order valence-corrected chi connectivity index (χ0v) is 12.8. The number of fused-ring (bicyclic) bond motifs is 2. The van der Waals surface area contributed by atoms with Gasteiger partial charge in [0.2, 0.25) is 0 Å². The van der Waals surface area contributed by atoms with Gasteiger partial charge in [-0.2, -0.15) is 0 Å². The summed E-state index contributed by atoms with van der Waals surface area (Å²) in [6.07, 6.45) is 10.2. The van der Waals surface area contributed by atoms with Gasteiger partial charge in [-0.25, -0.2) is 0 Å². The van der Waals surface area contributed by atoms with Gasteiger partial charge in [0.1, 0.15) is 0 Å². The molecule has 0 heterocycles. The first-order valence-corrected chi connectivity index (χ1v) is 8.09. The van der Waals surface area contributed by atoms with Crippen molar-refractivity contribution in [1.82, 2.24) is 5.32 Å². The molecule has 1 heteroatoms. The minimum Gasteiger partial charge on any atom is -0.312 e. The smallest absolute Gasteiger partial charge is 0.0175 e. The van der Waals surface area contributed by atoms with Gasteiger partial charge in [-0.3, -0.25) is 0 Å². The van der Waals surface area contributed by atoms with Gasteiger partial charge in [-0.1, -0.05) is 40.5 Å². The van der Waals surface area contributed by atoms with Gasteiger partial charge in [-0.15, -0.1) is 0 Å². The van der Waals surface area contributed by atoms with Crippen LogP contribution in [0.4, 0.5) is 0 Å². The fourth-order valence-corrected chi connectivity index (χ4v) is 5.57. The second-order valence-corrected chi connectivity index (χ2v) is 8.75. The Morgan fingerprint density at radius 2 is 1.67 bits per heavy atom. The van der Waals surface area contributed by atoms with Crippen molar-refractivity contribution in [2.24, 2.45) is 22.2 Å². The lowest BCUT2D eigenvalue weighted by atomic mass is 9.68. The third-order valence-corrected chi connectivity index (χ3v) is 6.81. The summed E-state index contributed by atoms with van der Waals surface area (Å²) >= 11 is 0. The molecule has 3 unspecified atom stereocenters. The Labute approximate surface area is 113 Å². The number of hydrogen-bond donors (Lipinski definition) is 1. The highest BCUT2D eigenvalue weighted by molar-refractivity contribution is 5.12. The summed E-state index contributed by atoms with van der Waals surface area (Å²) in [4.78, 5) is 0. The van der Waals surface area contributed by atoms with Crippen molar-refractivity contribution in [2.45, 2.75) is 78.7 Å². The lowest BCUT2D eigenvalue weighted by molar-refractivity contribution is 0.0971. The van der Waals surface area contributed by atoms with E-state index in [1.165, 1.54) is 51.5 Å². The van der Waals surface area contributed by atoms with Crippen molar-refractivity contribution >= 4 is 0 Å². The van der Waals surface area contributed by atoms with Crippen LogP contribution in [-0.2, 0) is 0 Å². The molecule has 0 aromatic heterocycles. The Hall–Kier alpha value is -0.0400. The van der Waals surface area contributed by atoms with E-state index in [-0.39, 0.29) is 0 Å². The maximum Gasteiger partial charge on any atom is 0.0175 e. The average Bonchev–Trinajstić information content (AvgIpc) is 2.90. The highest BCUT2D eigenvalue weighted by atomic mass is 15.0. The Kier molecular flexibility index (Phi) is 2.86. The van der Waals surface area contributed by atoms with Crippen molar-refractivity contribution in [1.29, 1.82) is 0 Å². The van der Waals surface area contributed by atoms with Crippen molar-refractivity contribution < 1.29 is 0 Å². The molecule has 0 aromatic carbocycles. The molecule has 0 aromatic rings. The van der Waals surface area contributed by atoms with Crippen LogP contribution >= 0.6 is 0 Å². The molecule has 3 rings (SSSR count). The van der Waals surface area contributed by atoms with E-state index < -0.39 is 0 Å². The SMILES string of the molecule is CC1(CNC2C3(C)CCC(C3)C2(C)C)CCCC1. The Bertz CT molecular complexity index is 322. The fraction of sp³-hybridized carbons (Fsp3) is 1.00. The zero-order chi connectivity index (χ0) is 13.0. The third-order valence-electron chi connectivity index (χ3n) is 6.81. The molecule has 0 saturated heterocycles. The molecule has 0 spiro atoms. The van der Waals surface area contributed by atoms with Crippen LogP contribution in [0.5, 0.6) is 0 Å². The normalized spacial score (nSPS) is 44.7. The Morgan fingerprint density at radius 1 is 1.00 bits per heavy atom. The second-order valence-electron chi connectivity index (χ2n) is 8.75. The molecule has 3 saturated carbocycles. The summed E-state index contributed by atoms with van der Waals surface area (Å²) in [5.41, 5.74) is 1.69. The first kappa shape index (κ1) is 13.0. The van der Waals surface area contributed by atoms with E-state index in [0.29, 0.717) is 16.2 Å². The van der Waals surface area contributed by atoms with E-state index in [0.717, 1.165) is 12.0 Å². The summed E-state index contributed by atoms with van der Waals surface area (Å²) in [7, 11) is 0. The van der Waals surface area contributed by atoms with Crippen LogP contribution in [0.25, 0.3) is 0 Å². The van der Waals surface area contributed by atoms with E-state index in [2.05, 4.69) is 33.0 Å². The zero-order valence-electron chi connectivity index (χ0n) is 12.8. The third kappa shape index (κ3) is 1.85. The van der Waals surface area contributed by atoms with Gasteiger partial charge in [0.15, 0.2) is 0 Å². The predicted molar refractivity (Wildman–Crippen MR) is 77.6 cm³/mol. The molecule has 18 heavy (non-hydrogen) atoms. The van der Waals surface area contributed by atoms with Gasteiger partial charge >= 0.3 is 0 Å². The van der Waals surface area contributed by atoms with Gasteiger partial charge in [0, 0.05) is 12.6 Å². The van der Waals surface area contributed by atoms with Crippen LogP contribution in [0.1, 0.15) is 72.6 Å². The van der Waals surface area contributed by atoms with Gasteiger partial charge < -0.3 is 5.32 Å². The van der Waals surface area contributed by atoms with Crippen molar-refractivity contribution in [2.75, 3.05) is 6.54 Å². The average molecular weight is 249 g/mol. The van der Waals surface area contributed by atoms with Crippen LogP contribution in [-0.4, -0.2) is 12.6 Å². The highest BCUT2D eigenvalue weighted by Gasteiger charge is 2.59. The minimum atomic E-state index is 0.516. The second kappa shape index (κ2) is 3.98. The Balaban J connectivity index is 1.68. The summed E-state index contributed by atoms with van der Waals surface area (Å²) in [6, 6.07) is 0.751. The van der Waals surface area contributed by atoms with Crippen molar-refractivity contribution in [3.05, 3.63) is 0 Å². The van der Waals surface area contributed by atoms with E-state index in [1.54, 1.807) is 0 Å². The summed E-state index contributed by atoms with van der Waals surface area (Å²) in [5, 5.41) is 4.03. The highest BCUT2D eigenvalue weighted by Crippen LogP contribution is 2.62. The van der Waals surface area contributed by atoms with E-state index in [9.17, 15) is 0 Å². The molecule has 1 nitrogen and oxygen atoms in total. The summed E-state index contributed by atoms with van der Waals surface area (Å²) < 4.78 is 0. The van der Waals surface area contributed by atoms with Gasteiger partial charge in [0.25, 0.3) is 0 Å². The van der Waals surface area contributed by atoms with E-state index in [4.69, 9.17) is 0 Å². The van der Waals surface area contributed by atoms with Gasteiger partial charge in [0.05, 0.1) is 0 Å². The lowest BCUT2D eigenvalue weighted by Crippen LogP contribution is -2.52. The van der Waals surface area contributed by atoms with Crippen molar-refractivity contribution in [3.63, 3.8) is 0 Å². The number of rotatable bonds is 3. The van der Waals surface area contributed by atoms with Crippen LogP contribution < -0.4 is 5.32 Å². The van der Waals surface area contributed by atoms with Crippen LogP contribution in [0.3, 0.4) is 0 Å². The molecule has 0 radical (unpaired) electrons. The Morgan fingerprint density at radius 3 is 2.22 bits per heavy atom. The van der Waals surface area contributed by atoms with E-state index in [1.807, 2.05) is 0 Å². The molecule has 0 amide bonds. The van der Waals surface area contributed by atoms with Gasteiger partial charge in [-0.05, 0) is 54.3 Å². The van der Waals surface area contributed by atoms with Crippen LogP contribution in [0, 0.1) is 22.2 Å². The quantitative estimate of drug-likeness (QED) is 0.783. The maximum absolute atomic E-state index is 4.03. The molecule has 3 fully saturated rings. The molecular weight excluding hydrogens is 218 g/mol. The number of hydrogen-bond acceptors (Lipinski definition) is 1. The van der Waals surface area contributed by atoms with Crippen LogP contribution in [0.15, 0.2) is 0 Å². The molecule has 1 N–H and O–H groups in total. The first-order chi connectivity index (χ1) is 8.36. The first-order valence-electron chi connectivity index (χ1n) is 8.09. The lowest BCUT2D eigenvalue weighted by Gasteiger charge is -2.44. The minimum absolute atomic E-state index is 0.516. The molecule has 104 valence electrons. The molecule has 3 atom stereocenters. The number of nitrogens with one attached hydrogen (secondary N) is 1. The molecule has 0 aliphatic heterocycles.